The highest BCUT2D eigenvalue weighted by atomic mass is 35.7. The van der Waals surface area contributed by atoms with Crippen molar-refractivity contribution in [3.8, 4) is 5.75 Å². The number of benzene rings is 1. The van der Waals surface area contributed by atoms with Crippen LogP contribution in [-0.2, 0) is 10.0 Å². The first-order chi connectivity index (χ1) is 8.77. The van der Waals surface area contributed by atoms with Gasteiger partial charge in [-0.05, 0) is 29.2 Å². The van der Waals surface area contributed by atoms with Crippen LogP contribution in [0, 0.1) is 0 Å². The van der Waals surface area contributed by atoms with Gasteiger partial charge in [0.05, 0.1) is 6.61 Å². The molecule has 8 heteroatoms. The van der Waals surface area contributed by atoms with Crippen LogP contribution in [-0.4, -0.2) is 22.0 Å². The molecule has 0 saturated carbocycles. The maximum absolute atomic E-state index is 13.1. The van der Waals surface area contributed by atoms with Gasteiger partial charge in [-0.15, -0.1) is 0 Å². The molecule has 0 saturated heterocycles. The monoisotopic (exact) mass is 318 g/mol. The maximum atomic E-state index is 13.1. The summed E-state index contributed by atoms with van der Waals surface area (Å²) in [6.07, 6.45) is -1.48. The average Bonchev–Trinajstić information content (AvgIpc) is 2.35. The van der Waals surface area contributed by atoms with Gasteiger partial charge in [-0.2, -0.15) is 17.6 Å². The third kappa shape index (κ3) is 4.35. The van der Waals surface area contributed by atoms with Crippen LogP contribution in [0.4, 0.5) is 17.6 Å². The predicted octanol–water partition coefficient (Wildman–Crippen LogP) is 3.98. The summed E-state index contributed by atoms with van der Waals surface area (Å²) in [5.74, 6) is -3.97. The minimum absolute atomic E-state index is 0.148. The molecule has 0 aliphatic carbocycles. The van der Waals surface area contributed by atoms with E-state index in [-0.39, 0.29) is 13.0 Å². The first kappa shape index (κ1) is 16.2. The molecule has 0 aliphatic rings. The normalized spacial score (nSPS) is 14.2. The molecular formula is C11H11ClF4O2S. The fourth-order valence-electron chi connectivity index (χ4n) is 1.26. The highest BCUT2D eigenvalue weighted by Gasteiger charge is 2.60. The van der Waals surface area contributed by atoms with E-state index in [2.05, 4.69) is 10.7 Å². The Balaban J connectivity index is 2.42. The van der Waals surface area contributed by atoms with Crippen molar-refractivity contribution in [1.29, 1.82) is 0 Å². The number of rotatable bonds is 7. The van der Waals surface area contributed by atoms with E-state index in [0.717, 1.165) is 0 Å². The fourth-order valence-corrected chi connectivity index (χ4v) is 1.94. The van der Waals surface area contributed by atoms with E-state index in [1.807, 2.05) is 0 Å². The van der Waals surface area contributed by atoms with E-state index in [1.54, 1.807) is 30.3 Å². The molecule has 2 nitrogen and oxygen atoms in total. The van der Waals surface area contributed by atoms with Gasteiger partial charge in [0.2, 0.25) is 0 Å². The van der Waals surface area contributed by atoms with Gasteiger partial charge in [-0.3, -0.25) is 0 Å². The summed E-state index contributed by atoms with van der Waals surface area (Å²) in [5.41, 5.74) is 0. The largest absolute Gasteiger partial charge is 0.494 e. The Labute approximate surface area is 114 Å². The van der Waals surface area contributed by atoms with E-state index < -0.39 is 27.6 Å². The van der Waals surface area contributed by atoms with Crippen LogP contribution in [0.15, 0.2) is 30.3 Å². The van der Waals surface area contributed by atoms with Gasteiger partial charge in [0.1, 0.15) is 5.75 Å². The molecule has 0 bridgehead atoms. The summed E-state index contributed by atoms with van der Waals surface area (Å²) < 4.78 is 67.4. The van der Waals surface area contributed by atoms with E-state index in [0.29, 0.717) is 5.75 Å². The molecule has 0 radical (unpaired) electrons. The summed E-state index contributed by atoms with van der Waals surface area (Å²) in [6, 6.07) is 8.35. The van der Waals surface area contributed by atoms with Crippen molar-refractivity contribution in [2.24, 2.45) is 0 Å². The van der Waals surface area contributed by atoms with Gasteiger partial charge in [0, 0.05) is 6.42 Å². The van der Waals surface area contributed by atoms with Crippen molar-refractivity contribution in [2.45, 2.75) is 24.0 Å². The number of hydrogen-bond donors (Lipinski definition) is 0. The topological polar surface area (TPSA) is 26.3 Å². The van der Waals surface area contributed by atoms with Crippen molar-refractivity contribution in [3.63, 3.8) is 0 Å². The Morgan fingerprint density at radius 3 is 2.26 bits per heavy atom. The minimum Gasteiger partial charge on any atom is -0.494 e. The first-order valence-electron chi connectivity index (χ1n) is 5.29. The highest BCUT2D eigenvalue weighted by molar-refractivity contribution is 8.09. The second kappa shape index (κ2) is 6.56. The van der Waals surface area contributed by atoms with Crippen molar-refractivity contribution in [3.05, 3.63) is 30.3 Å². The van der Waals surface area contributed by atoms with Crippen molar-refractivity contribution in [2.75, 3.05) is 6.61 Å². The Morgan fingerprint density at radius 2 is 1.74 bits per heavy atom. The number of ether oxygens (including phenoxy) is 1. The second-order valence-corrected chi connectivity index (χ2v) is 5.51. The van der Waals surface area contributed by atoms with Gasteiger partial charge in [-0.1, -0.05) is 18.2 Å². The summed E-state index contributed by atoms with van der Waals surface area (Å²) in [4.78, 5) is 0. The van der Waals surface area contributed by atoms with Gasteiger partial charge >= 0.3 is 11.2 Å². The molecular weight excluding hydrogens is 308 g/mol. The van der Waals surface area contributed by atoms with Crippen LogP contribution < -0.4 is 4.74 Å². The molecule has 0 aliphatic heterocycles. The molecule has 1 aromatic carbocycles. The number of para-hydroxylation sites is 1. The molecule has 0 spiro atoms. The SMILES string of the molecule is O=S(Cl)C(F)(F)C(F)(F)CCCOc1ccccc1. The van der Waals surface area contributed by atoms with Crippen molar-refractivity contribution in [1.82, 2.24) is 0 Å². The third-order valence-corrected chi connectivity index (χ3v) is 3.56. The van der Waals surface area contributed by atoms with Crippen LogP contribution >= 0.6 is 10.7 Å². The highest BCUT2D eigenvalue weighted by Crippen LogP contribution is 2.41. The average molecular weight is 319 g/mol. The first-order valence-corrected chi connectivity index (χ1v) is 7.26. The Bertz CT molecular complexity index is 428. The van der Waals surface area contributed by atoms with Gasteiger partial charge in [0.15, 0.2) is 10.0 Å². The van der Waals surface area contributed by atoms with Crippen LogP contribution in [0.1, 0.15) is 12.8 Å². The molecule has 1 unspecified atom stereocenters. The molecule has 1 rings (SSSR count). The van der Waals surface area contributed by atoms with Crippen LogP contribution in [0.25, 0.3) is 0 Å². The van der Waals surface area contributed by atoms with Gasteiger partial charge < -0.3 is 4.74 Å². The smallest absolute Gasteiger partial charge is 0.396 e. The molecule has 0 aromatic heterocycles. The molecule has 0 N–H and O–H groups in total. The lowest BCUT2D eigenvalue weighted by Gasteiger charge is -2.23. The van der Waals surface area contributed by atoms with Crippen molar-refractivity contribution < 1.29 is 26.5 Å². The quantitative estimate of drug-likeness (QED) is 0.432. The zero-order valence-electron chi connectivity index (χ0n) is 9.62. The molecule has 1 atom stereocenters. The van der Waals surface area contributed by atoms with E-state index >= 15 is 0 Å². The summed E-state index contributed by atoms with van der Waals surface area (Å²) in [5, 5.41) is -4.75. The fraction of sp³-hybridized carbons (Fsp3) is 0.455. The molecule has 0 amide bonds. The summed E-state index contributed by atoms with van der Waals surface area (Å²) in [6.45, 7) is -0.148. The molecule has 19 heavy (non-hydrogen) atoms. The zero-order valence-corrected chi connectivity index (χ0v) is 11.2. The predicted molar refractivity (Wildman–Crippen MR) is 65.1 cm³/mol. The molecule has 1 aromatic rings. The maximum Gasteiger partial charge on any atom is 0.396 e. The number of halogens is 5. The third-order valence-electron chi connectivity index (χ3n) is 2.27. The molecule has 108 valence electrons. The van der Waals surface area contributed by atoms with E-state index in [4.69, 9.17) is 4.74 Å². The Kier molecular flexibility index (Phi) is 5.61. The number of hydrogen-bond acceptors (Lipinski definition) is 2. The lowest BCUT2D eigenvalue weighted by Crippen LogP contribution is -2.42. The van der Waals surface area contributed by atoms with Crippen LogP contribution in [0.3, 0.4) is 0 Å². The van der Waals surface area contributed by atoms with Gasteiger partial charge in [0.25, 0.3) is 0 Å². The second-order valence-electron chi connectivity index (χ2n) is 3.71. The Morgan fingerprint density at radius 1 is 1.16 bits per heavy atom. The lowest BCUT2D eigenvalue weighted by atomic mass is 10.2. The zero-order chi connectivity index (χ0) is 14.5. The number of alkyl halides is 4. The van der Waals surface area contributed by atoms with E-state index in [9.17, 15) is 21.8 Å². The van der Waals surface area contributed by atoms with Crippen LogP contribution in [0.5, 0.6) is 5.75 Å². The lowest BCUT2D eigenvalue weighted by molar-refractivity contribution is -0.158. The van der Waals surface area contributed by atoms with E-state index in [1.165, 1.54) is 0 Å². The van der Waals surface area contributed by atoms with Crippen LogP contribution in [0.2, 0.25) is 0 Å². The standard InChI is InChI=1S/C11H11ClF4O2S/c12-19(17)11(15,16)10(13,14)7-4-8-18-9-5-2-1-3-6-9/h1-3,5-6H,4,7-8H2. The summed E-state index contributed by atoms with van der Waals surface area (Å²) in [7, 11) is 1.13. The molecule has 0 heterocycles. The molecule has 0 fully saturated rings. The van der Waals surface area contributed by atoms with Crippen molar-refractivity contribution >= 4 is 20.7 Å². The van der Waals surface area contributed by atoms with Gasteiger partial charge in [-0.25, -0.2) is 4.21 Å². The Hall–Kier alpha value is -0.820. The minimum atomic E-state index is -4.75. The summed E-state index contributed by atoms with van der Waals surface area (Å²) >= 11 is 0.